The Balaban J connectivity index is 0.000000123. The average molecular weight is 1960 g/mol. The van der Waals surface area contributed by atoms with E-state index in [1.165, 1.54) is 60.6 Å². The van der Waals surface area contributed by atoms with Gasteiger partial charge in [0.15, 0.2) is 0 Å². The van der Waals surface area contributed by atoms with Crippen molar-refractivity contribution in [3.05, 3.63) is 310 Å². The molecule has 0 aliphatic carbocycles. The lowest BCUT2D eigenvalue weighted by Gasteiger charge is -2.32. The van der Waals surface area contributed by atoms with Gasteiger partial charge in [0, 0.05) is 241 Å². The molecule has 30 heteroatoms. The third-order valence-corrected chi connectivity index (χ3v) is 26.4. The first-order chi connectivity index (χ1) is 66.0. The van der Waals surface area contributed by atoms with Gasteiger partial charge < -0.3 is 81.5 Å². The minimum Gasteiger partial charge on any atom is -0.474 e. The molecule has 0 unspecified atom stereocenters. The molecule has 5 fully saturated rings. The number of rotatable bonds is 15. The zero-order valence-corrected chi connectivity index (χ0v) is 80.4. The Hall–Kier alpha value is -13.4. The summed E-state index contributed by atoms with van der Waals surface area (Å²) in [6, 6.07) is 69.5. The molecule has 21 rings (SSSR count). The largest absolute Gasteiger partial charge is 0.494 e. The molecule has 27 nitrogen and oxygen atoms in total. The van der Waals surface area contributed by atoms with Crippen LogP contribution >= 0.6 is 31.9 Å². The predicted octanol–water partition coefficient (Wildman–Crippen LogP) is 19.9. The first-order valence-electron chi connectivity index (χ1n) is 46.0. The molecule has 0 spiro atoms. The number of carbonyl (C=O) groups is 3. The number of nitrogens with zero attached hydrogens (tertiary/aromatic N) is 12. The second kappa shape index (κ2) is 44.9. The molecule has 10 aromatic heterocycles. The second-order valence-corrected chi connectivity index (χ2v) is 37.0. The zero-order chi connectivity index (χ0) is 94.7. The van der Waals surface area contributed by atoms with Crippen LogP contribution in [0, 0.1) is 0 Å². The molecule has 0 saturated carbocycles. The van der Waals surface area contributed by atoms with E-state index in [4.69, 9.17) is 37.7 Å². The van der Waals surface area contributed by atoms with Gasteiger partial charge in [0.1, 0.15) is 38.1 Å². The molecule has 700 valence electrons. The number of hydrogen-bond donors (Lipinski definition) is 3. The molecular formula is C106H111BBr2N14O13. The van der Waals surface area contributed by atoms with Crippen molar-refractivity contribution in [2.45, 2.75) is 135 Å². The minimum absolute atomic E-state index is 0.0253. The van der Waals surface area contributed by atoms with Gasteiger partial charge >= 0.3 is 25.4 Å². The van der Waals surface area contributed by atoms with Crippen molar-refractivity contribution in [3.63, 3.8) is 0 Å². The fourth-order valence-electron chi connectivity index (χ4n) is 16.9. The number of pyridine rings is 7. The summed E-state index contributed by atoms with van der Waals surface area (Å²) in [5.41, 5.74) is 14.7. The van der Waals surface area contributed by atoms with Crippen LogP contribution in [0.4, 0.5) is 14.4 Å². The number of aromatic nitrogens is 10. The van der Waals surface area contributed by atoms with Crippen molar-refractivity contribution in [2.24, 2.45) is 21.1 Å². The SMILES string of the molecule is Cn1c2ccncc2c2ccc(-c3ccc(OC4CCN(C(=O)OCc5ccccc5)CC4)nc3)cc21.Cn1c2ccncc2c2ccc(-c3ccc(OC4CCNCC4)nc3)cc21.Cn1c2ccncc2c2ccc(B3OC(C)(C)C(C)(C)O3)cc21.O=C(OCc1ccccc1)N1CCC(O)CC1.O=C(OCc1ccccc1)N1CCC(Oc2ccc(Br)cn2)CC1.O=c1ccc(Br)c[nH]1. The van der Waals surface area contributed by atoms with Gasteiger partial charge in [0.05, 0.1) is 33.9 Å². The van der Waals surface area contributed by atoms with Crippen molar-refractivity contribution in [2.75, 3.05) is 52.4 Å². The zero-order valence-electron chi connectivity index (χ0n) is 77.3. The summed E-state index contributed by atoms with van der Waals surface area (Å²) in [6.45, 7) is 14.9. The summed E-state index contributed by atoms with van der Waals surface area (Å²) in [6.07, 6.45) is 24.0. The van der Waals surface area contributed by atoms with E-state index >= 15 is 0 Å². The van der Waals surface area contributed by atoms with Gasteiger partial charge in [-0.3, -0.25) is 19.7 Å². The van der Waals surface area contributed by atoms with E-state index in [1.807, 2.05) is 183 Å². The fourth-order valence-corrected chi connectivity index (χ4v) is 17.4. The number of piperidine rings is 4. The van der Waals surface area contributed by atoms with Crippen LogP contribution in [0.25, 0.3) is 87.7 Å². The number of aryl methyl sites for hydroxylation is 3. The Morgan fingerprint density at radius 1 is 0.404 bits per heavy atom. The number of ether oxygens (including phenoxy) is 6. The molecule has 136 heavy (non-hydrogen) atoms. The third-order valence-electron chi connectivity index (χ3n) is 25.4. The van der Waals surface area contributed by atoms with E-state index in [1.54, 1.807) is 33.2 Å². The number of nitrogens with one attached hydrogen (secondary N) is 2. The summed E-state index contributed by atoms with van der Waals surface area (Å²) in [7, 11) is 5.93. The Kier molecular flexibility index (Phi) is 31.6. The highest BCUT2D eigenvalue weighted by molar-refractivity contribution is 9.10. The number of benzene rings is 6. The van der Waals surface area contributed by atoms with Crippen LogP contribution in [0.1, 0.15) is 95.8 Å². The topological polar surface area (TPSA) is 292 Å². The molecule has 0 radical (unpaired) electrons. The molecule has 0 atom stereocenters. The van der Waals surface area contributed by atoms with E-state index in [2.05, 4.69) is 201 Å². The molecule has 5 saturated heterocycles. The molecule has 6 aromatic carbocycles. The Morgan fingerprint density at radius 3 is 1.13 bits per heavy atom. The van der Waals surface area contributed by atoms with Crippen LogP contribution in [0.2, 0.25) is 0 Å². The van der Waals surface area contributed by atoms with Crippen molar-refractivity contribution in [1.29, 1.82) is 0 Å². The number of likely N-dealkylation sites (tertiary alicyclic amines) is 3. The maximum absolute atomic E-state index is 12.4. The van der Waals surface area contributed by atoms with E-state index in [9.17, 15) is 24.3 Å². The van der Waals surface area contributed by atoms with E-state index in [-0.39, 0.29) is 73.2 Å². The lowest BCUT2D eigenvalue weighted by atomic mass is 9.79. The number of aromatic amines is 1. The standard InChI is InChI=1S/C30H28N4O3.C22H22N4O.C18H21BN2O2.C18H19BrN2O3.C13H17NO3.C5H4BrNO/c1-33-27-11-14-31-19-26(27)25-9-7-22(17-28(25)33)23-8-10-29(32-18-23)37-24-12-15-34(16-13-24)30(35)36-20-21-5-3-2-4-6-21;1-26-20-8-11-24-14-19(20)18-4-2-15(12-21(18)26)16-3-5-22(25-13-16)27-17-6-9-23-10-7-17;1-17(2)18(3,4)23-19(22-17)12-6-7-13-14-11-20-9-8-15(14)21(5)16(13)10-12;19-15-6-7-17(20-12-15)24-16-8-10-21(11-9-16)18(22)23-13-14-4-2-1-3-5-14;15-12-6-8-14(9-7-12)13(16)17-10-11-4-2-1-3-5-11;6-4-1-2-5(8)7-3-4/h2-11,14,17-19,24H,12-13,15-16,20H2,1H3;2-5,8,11-14,17,23H,6-7,9-10H2,1H3;6-11H,1-5H3;1-7,12,16H,8-11,13H2;1-5,12,15H,6-10H2;1-3H,(H,7,8). The van der Waals surface area contributed by atoms with Crippen LogP contribution in [0.3, 0.4) is 0 Å². The van der Waals surface area contributed by atoms with Crippen molar-refractivity contribution < 1.29 is 57.2 Å². The number of fused-ring (bicyclic) bond motifs is 9. The highest BCUT2D eigenvalue weighted by Gasteiger charge is 2.52. The van der Waals surface area contributed by atoms with Gasteiger partial charge in [-0.1, -0.05) is 127 Å². The van der Waals surface area contributed by atoms with Crippen LogP contribution in [-0.2, 0) is 64.5 Å². The number of halogens is 2. The molecular weight excluding hydrogens is 1850 g/mol. The van der Waals surface area contributed by atoms with Crippen LogP contribution in [0.15, 0.2) is 288 Å². The monoisotopic (exact) mass is 1960 g/mol. The molecule has 15 heterocycles. The number of amides is 3. The Morgan fingerprint density at radius 2 is 0.765 bits per heavy atom. The lowest BCUT2D eigenvalue weighted by molar-refractivity contribution is 0.00578. The lowest BCUT2D eigenvalue weighted by Crippen LogP contribution is -2.42. The summed E-state index contributed by atoms with van der Waals surface area (Å²) < 4.78 is 54.8. The van der Waals surface area contributed by atoms with Crippen LogP contribution in [-0.4, -0.2) is 182 Å². The normalized spacial score (nSPS) is 15.6. The molecule has 3 amide bonds. The highest BCUT2D eigenvalue weighted by atomic mass is 79.9. The van der Waals surface area contributed by atoms with Crippen LogP contribution in [0.5, 0.6) is 17.6 Å². The van der Waals surface area contributed by atoms with Crippen molar-refractivity contribution in [1.82, 2.24) is 68.6 Å². The molecule has 5 aliphatic rings. The summed E-state index contributed by atoms with van der Waals surface area (Å²) in [4.78, 5) is 80.3. The Labute approximate surface area is 806 Å². The van der Waals surface area contributed by atoms with E-state index in [0.717, 1.165) is 116 Å². The number of H-pyrrole nitrogens is 1. The fraction of sp³-hybridized carbons (Fsp3) is 0.302. The predicted molar refractivity (Wildman–Crippen MR) is 537 cm³/mol. The number of hydrogen-bond acceptors (Lipinski definition) is 20. The quantitative estimate of drug-likeness (QED) is 0.0635. The summed E-state index contributed by atoms with van der Waals surface area (Å²) >= 11 is 6.53. The van der Waals surface area contributed by atoms with Crippen molar-refractivity contribution >= 4 is 128 Å². The van der Waals surface area contributed by atoms with Gasteiger partial charge in [0.25, 0.3) is 0 Å². The maximum atomic E-state index is 12.4. The van der Waals surface area contributed by atoms with E-state index in [0.29, 0.717) is 83.0 Å². The van der Waals surface area contributed by atoms with Crippen molar-refractivity contribution in [3.8, 4) is 39.9 Å². The van der Waals surface area contributed by atoms with Gasteiger partial charge in [0.2, 0.25) is 23.2 Å². The number of carbonyl (C=O) groups excluding carboxylic acids is 3. The smallest absolute Gasteiger partial charge is 0.474 e. The highest BCUT2D eigenvalue weighted by Crippen LogP contribution is 2.39. The van der Waals surface area contributed by atoms with Gasteiger partial charge in [-0.2, -0.15) is 0 Å². The summed E-state index contributed by atoms with van der Waals surface area (Å²) in [5.74, 6) is 1.93. The molecule has 16 aromatic rings. The molecule has 3 N–H and O–H groups in total. The molecule has 5 aliphatic heterocycles. The maximum Gasteiger partial charge on any atom is 0.494 e. The molecule has 0 bridgehead atoms. The second-order valence-electron chi connectivity index (χ2n) is 35.2. The van der Waals surface area contributed by atoms with Gasteiger partial charge in [-0.05, 0) is 192 Å². The van der Waals surface area contributed by atoms with E-state index < -0.39 is 0 Å². The van der Waals surface area contributed by atoms with Gasteiger partial charge in [-0.25, -0.2) is 29.3 Å². The number of aliphatic hydroxyl groups excluding tert-OH is 1. The summed E-state index contributed by atoms with van der Waals surface area (Å²) in [5, 5.41) is 19.8. The average Bonchev–Trinajstić information content (AvgIpc) is 1.62. The first kappa shape index (κ1) is 95.8. The Bertz CT molecular complexity index is 6730. The first-order valence-corrected chi connectivity index (χ1v) is 47.5. The minimum atomic E-state index is -0.333. The van der Waals surface area contributed by atoms with Crippen LogP contribution < -0.4 is 30.5 Å². The number of aliphatic hydroxyl groups is 1. The van der Waals surface area contributed by atoms with Gasteiger partial charge in [-0.15, -0.1) is 0 Å². The third kappa shape index (κ3) is 24.3.